The number of carbonyl (C=O) groups excluding carboxylic acids is 2. The van der Waals surface area contributed by atoms with Gasteiger partial charge < -0.3 is 20.1 Å². The van der Waals surface area contributed by atoms with Gasteiger partial charge >= 0.3 is 0 Å². The number of aryl methyl sites for hydroxylation is 2. The van der Waals surface area contributed by atoms with Gasteiger partial charge in [-0.1, -0.05) is 35.9 Å². The molecule has 7 heteroatoms. The Hall–Kier alpha value is -4.57. The van der Waals surface area contributed by atoms with Crippen LogP contribution in [0.25, 0.3) is 6.08 Å². The van der Waals surface area contributed by atoms with E-state index in [0.717, 1.165) is 16.8 Å². The Labute approximate surface area is 205 Å². The Kier molecular flexibility index (Phi) is 8.63. The smallest absolute Gasteiger partial charge is 0.266 e. The monoisotopic (exact) mass is 469 g/mol. The summed E-state index contributed by atoms with van der Waals surface area (Å²) in [6.45, 7) is 6.12. The van der Waals surface area contributed by atoms with E-state index in [2.05, 4.69) is 10.6 Å². The summed E-state index contributed by atoms with van der Waals surface area (Å²) in [7, 11) is 0. The molecule has 0 spiro atoms. The average molecular weight is 470 g/mol. The van der Waals surface area contributed by atoms with E-state index in [-0.39, 0.29) is 18.1 Å². The van der Waals surface area contributed by atoms with Gasteiger partial charge in [-0.25, -0.2) is 0 Å². The molecule has 0 saturated carbocycles. The number of hydrogen-bond acceptors (Lipinski definition) is 5. The minimum Gasteiger partial charge on any atom is -0.494 e. The molecule has 3 rings (SSSR count). The van der Waals surface area contributed by atoms with Crippen molar-refractivity contribution >= 4 is 29.3 Å². The summed E-state index contributed by atoms with van der Waals surface area (Å²) in [6, 6.07) is 21.4. The van der Waals surface area contributed by atoms with Crippen LogP contribution in [0.3, 0.4) is 0 Å². The molecule has 0 unspecified atom stereocenters. The zero-order valence-electron chi connectivity index (χ0n) is 19.9. The summed E-state index contributed by atoms with van der Waals surface area (Å²) < 4.78 is 11.1. The van der Waals surface area contributed by atoms with Crippen LogP contribution >= 0.6 is 0 Å². The van der Waals surface area contributed by atoms with Crippen molar-refractivity contribution in [3.8, 4) is 17.6 Å². The number of nitrogens with one attached hydrogen (secondary N) is 2. The lowest BCUT2D eigenvalue weighted by Gasteiger charge is -2.12. The lowest BCUT2D eigenvalue weighted by atomic mass is 10.1. The van der Waals surface area contributed by atoms with Crippen LogP contribution < -0.4 is 20.1 Å². The Morgan fingerprint density at radius 1 is 0.971 bits per heavy atom. The van der Waals surface area contributed by atoms with Crippen molar-refractivity contribution < 1.29 is 19.1 Å². The minimum absolute atomic E-state index is 0.102. The van der Waals surface area contributed by atoms with Gasteiger partial charge in [-0.05, 0) is 68.8 Å². The van der Waals surface area contributed by atoms with Crippen LogP contribution in [0.5, 0.6) is 11.5 Å². The second-order valence-corrected chi connectivity index (χ2v) is 7.77. The third kappa shape index (κ3) is 7.21. The fourth-order valence-corrected chi connectivity index (χ4v) is 3.32. The number of benzene rings is 3. The maximum atomic E-state index is 12.7. The molecule has 0 aliphatic carbocycles. The molecule has 178 valence electrons. The minimum atomic E-state index is -0.556. The van der Waals surface area contributed by atoms with Gasteiger partial charge in [-0.3, -0.25) is 9.59 Å². The summed E-state index contributed by atoms with van der Waals surface area (Å²) in [4.78, 5) is 25.1. The van der Waals surface area contributed by atoms with Gasteiger partial charge in [-0.15, -0.1) is 0 Å². The van der Waals surface area contributed by atoms with E-state index in [9.17, 15) is 14.9 Å². The van der Waals surface area contributed by atoms with Gasteiger partial charge in [0.2, 0.25) is 0 Å². The first-order chi connectivity index (χ1) is 16.9. The summed E-state index contributed by atoms with van der Waals surface area (Å²) in [6.07, 6.45) is 1.43. The molecule has 35 heavy (non-hydrogen) atoms. The van der Waals surface area contributed by atoms with Crippen molar-refractivity contribution in [3.05, 3.63) is 89.0 Å². The fraction of sp³-hybridized carbons (Fsp3) is 0.179. The Morgan fingerprint density at radius 2 is 1.71 bits per heavy atom. The zero-order chi connectivity index (χ0) is 25.2. The highest BCUT2D eigenvalue weighted by Gasteiger charge is 2.13. The molecule has 0 heterocycles. The second kappa shape index (κ2) is 12.1. The molecule has 0 saturated heterocycles. The van der Waals surface area contributed by atoms with Crippen LogP contribution in [0, 0.1) is 25.2 Å². The normalized spacial score (nSPS) is 10.7. The lowest BCUT2D eigenvalue weighted by Crippen LogP contribution is -2.21. The summed E-state index contributed by atoms with van der Waals surface area (Å²) in [5.41, 5.74) is 3.72. The van der Waals surface area contributed by atoms with Gasteiger partial charge in [0, 0.05) is 16.9 Å². The number of amides is 2. The Morgan fingerprint density at radius 3 is 2.40 bits per heavy atom. The van der Waals surface area contributed by atoms with Gasteiger partial charge in [-0.2, -0.15) is 5.26 Å². The van der Waals surface area contributed by atoms with Crippen molar-refractivity contribution in [2.24, 2.45) is 0 Å². The fourth-order valence-electron chi connectivity index (χ4n) is 3.32. The zero-order valence-corrected chi connectivity index (χ0v) is 19.9. The van der Waals surface area contributed by atoms with Crippen LogP contribution in [0.2, 0.25) is 0 Å². The maximum Gasteiger partial charge on any atom is 0.266 e. The van der Waals surface area contributed by atoms with Crippen molar-refractivity contribution in [1.82, 2.24) is 0 Å². The SMILES string of the molecule is CCOc1ccc(NC(=O)/C(C#N)=C/c2ccccc2OCC(=O)Nc2ccc(C)cc2C)cc1. The van der Waals surface area contributed by atoms with E-state index in [1.807, 2.05) is 45.0 Å². The molecular weight excluding hydrogens is 442 g/mol. The summed E-state index contributed by atoms with van der Waals surface area (Å²) in [5, 5.41) is 15.1. The molecule has 0 atom stereocenters. The topological polar surface area (TPSA) is 100 Å². The standard InChI is InChI=1S/C28H27N3O4/c1-4-34-24-12-10-23(11-13-24)30-28(33)22(17-29)16-21-7-5-6-8-26(21)35-18-27(32)31-25-14-9-19(2)15-20(25)3/h5-16H,4,18H2,1-3H3,(H,30,33)(H,31,32)/b22-16+. The van der Waals surface area contributed by atoms with Crippen LogP contribution in [0.1, 0.15) is 23.6 Å². The Bertz CT molecular complexity index is 1270. The first-order valence-corrected chi connectivity index (χ1v) is 11.1. The second-order valence-electron chi connectivity index (χ2n) is 7.77. The molecule has 0 bridgehead atoms. The largest absolute Gasteiger partial charge is 0.494 e. The molecular formula is C28H27N3O4. The number of hydrogen-bond donors (Lipinski definition) is 2. The Balaban J connectivity index is 1.68. The van der Waals surface area contributed by atoms with Crippen molar-refractivity contribution in [2.75, 3.05) is 23.8 Å². The third-order valence-electron chi connectivity index (χ3n) is 5.02. The molecule has 0 aliphatic heterocycles. The van der Waals surface area contributed by atoms with Crippen LogP contribution in [-0.4, -0.2) is 25.0 Å². The average Bonchev–Trinajstić information content (AvgIpc) is 2.85. The molecule has 0 radical (unpaired) electrons. The van der Waals surface area contributed by atoms with Crippen molar-refractivity contribution in [3.63, 3.8) is 0 Å². The van der Waals surface area contributed by atoms with Crippen LogP contribution in [0.4, 0.5) is 11.4 Å². The van der Waals surface area contributed by atoms with E-state index >= 15 is 0 Å². The summed E-state index contributed by atoms with van der Waals surface area (Å²) in [5.74, 6) is 0.197. The van der Waals surface area contributed by atoms with Gasteiger partial charge in [0.25, 0.3) is 11.8 Å². The first kappa shape index (κ1) is 25.1. The molecule has 0 aromatic heterocycles. The quantitative estimate of drug-likeness (QED) is 0.329. The number of ether oxygens (including phenoxy) is 2. The van der Waals surface area contributed by atoms with E-state index in [1.54, 1.807) is 48.5 Å². The number of rotatable bonds is 9. The van der Waals surface area contributed by atoms with Crippen LogP contribution in [0.15, 0.2) is 72.3 Å². The molecule has 3 aromatic rings. The van der Waals surface area contributed by atoms with Gasteiger partial charge in [0.15, 0.2) is 6.61 Å². The van der Waals surface area contributed by atoms with Crippen molar-refractivity contribution in [2.45, 2.75) is 20.8 Å². The molecule has 2 amide bonds. The van der Waals surface area contributed by atoms with E-state index < -0.39 is 5.91 Å². The van der Waals surface area contributed by atoms with Gasteiger partial charge in [0.1, 0.15) is 23.1 Å². The van der Waals surface area contributed by atoms with Crippen molar-refractivity contribution in [1.29, 1.82) is 5.26 Å². The number of para-hydroxylation sites is 1. The molecule has 2 N–H and O–H groups in total. The highest BCUT2D eigenvalue weighted by molar-refractivity contribution is 6.09. The lowest BCUT2D eigenvalue weighted by molar-refractivity contribution is -0.118. The van der Waals surface area contributed by atoms with E-state index in [4.69, 9.17) is 9.47 Å². The first-order valence-electron chi connectivity index (χ1n) is 11.1. The summed E-state index contributed by atoms with van der Waals surface area (Å²) >= 11 is 0. The van der Waals surface area contributed by atoms with E-state index in [1.165, 1.54) is 6.08 Å². The number of anilines is 2. The number of nitrogens with zero attached hydrogens (tertiary/aromatic N) is 1. The molecule has 0 aliphatic rings. The highest BCUT2D eigenvalue weighted by atomic mass is 16.5. The molecule has 3 aromatic carbocycles. The predicted octanol–water partition coefficient (Wildman–Crippen LogP) is 5.27. The number of nitriles is 1. The number of carbonyl (C=O) groups is 2. The highest BCUT2D eigenvalue weighted by Crippen LogP contribution is 2.23. The predicted molar refractivity (Wildman–Crippen MR) is 136 cm³/mol. The van der Waals surface area contributed by atoms with E-state index in [0.29, 0.717) is 29.4 Å². The molecule has 0 fully saturated rings. The maximum absolute atomic E-state index is 12.7. The van der Waals surface area contributed by atoms with Crippen LogP contribution in [-0.2, 0) is 9.59 Å². The van der Waals surface area contributed by atoms with Gasteiger partial charge in [0.05, 0.1) is 6.61 Å². The molecule has 7 nitrogen and oxygen atoms in total. The third-order valence-corrected chi connectivity index (χ3v) is 5.02.